The SMILES string of the molecule is C[N+](CCCC#N)=C1C=CC(=CC=C2C=C(c3ccc(Br)cc3)C=C(c3ccc(Br)cc3)O2)C=C1.Cc1cc(-c2ccc(Br)cc2)cc(-c2ccc(Br)cc2)[o+]1.F[B-](F)(F)F.F[B-](F)(F)F. The number of ether oxygens (including phenoxy) is 1. The second-order valence-corrected chi connectivity index (χ2v) is 17.7. The third kappa shape index (κ3) is 20.2. The molecule has 1 aromatic heterocycles. The summed E-state index contributed by atoms with van der Waals surface area (Å²) in [4.78, 5) is 0. The average molecular weight is 1170 g/mol. The van der Waals surface area contributed by atoms with Gasteiger partial charge < -0.3 is 39.3 Å². The summed E-state index contributed by atoms with van der Waals surface area (Å²) in [5.74, 6) is 3.36. The lowest BCUT2D eigenvalue weighted by Gasteiger charge is -2.18. The Hall–Kier alpha value is -5.08. The first-order valence-corrected chi connectivity index (χ1v) is 22.9. The molecule has 0 bridgehead atoms. The molecule has 342 valence electrons. The van der Waals surface area contributed by atoms with Gasteiger partial charge in [0.15, 0.2) is 5.71 Å². The van der Waals surface area contributed by atoms with Crippen molar-refractivity contribution in [3.05, 3.63) is 204 Å². The van der Waals surface area contributed by atoms with Crippen LogP contribution in [0.3, 0.4) is 0 Å². The van der Waals surface area contributed by atoms with Crippen LogP contribution in [-0.4, -0.2) is 38.4 Å². The summed E-state index contributed by atoms with van der Waals surface area (Å²) in [6.07, 6.45) is 18.1. The molecule has 5 aromatic rings. The zero-order valence-electron chi connectivity index (χ0n) is 35.0. The molecule has 66 heavy (non-hydrogen) atoms. The molecule has 0 atom stereocenters. The molecule has 0 spiro atoms. The van der Waals surface area contributed by atoms with Gasteiger partial charge in [-0.1, -0.05) is 106 Å². The van der Waals surface area contributed by atoms with Gasteiger partial charge >= 0.3 is 26.0 Å². The van der Waals surface area contributed by atoms with E-state index in [0.717, 1.165) is 93.0 Å². The molecule has 1 aliphatic carbocycles. The molecule has 2 heterocycles. The van der Waals surface area contributed by atoms with Gasteiger partial charge in [-0.05, 0) is 113 Å². The summed E-state index contributed by atoms with van der Waals surface area (Å²) in [7, 11) is -9.95. The van der Waals surface area contributed by atoms with Crippen LogP contribution < -0.4 is 0 Å². The maximum Gasteiger partial charge on any atom is 0.673 e. The molecular formula is C48H38B2Br4F8N2O2. The van der Waals surface area contributed by atoms with Crippen LogP contribution in [0.1, 0.15) is 29.7 Å². The van der Waals surface area contributed by atoms with Gasteiger partial charge in [-0.15, -0.1) is 0 Å². The van der Waals surface area contributed by atoms with Crippen molar-refractivity contribution in [1.29, 1.82) is 5.26 Å². The maximum atomic E-state index is 9.75. The summed E-state index contributed by atoms with van der Waals surface area (Å²) in [5.41, 5.74) is 8.87. The second-order valence-electron chi connectivity index (χ2n) is 14.1. The van der Waals surface area contributed by atoms with Gasteiger partial charge in [-0.25, -0.2) is 8.99 Å². The fourth-order valence-corrected chi connectivity index (χ4v) is 6.97. The van der Waals surface area contributed by atoms with E-state index < -0.39 is 14.5 Å². The molecule has 2 aliphatic rings. The molecule has 0 N–H and O–H groups in total. The van der Waals surface area contributed by atoms with Crippen LogP contribution in [0.15, 0.2) is 191 Å². The highest BCUT2D eigenvalue weighted by molar-refractivity contribution is 9.11. The quantitative estimate of drug-likeness (QED) is 0.0511. The topological polar surface area (TPSA) is 47.3 Å². The number of rotatable bonds is 8. The molecule has 0 saturated heterocycles. The number of allylic oxidation sites excluding steroid dienone is 10. The van der Waals surface area contributed by atoms with Crippen molar-refractivity contribution in [2.45, 2.75) is 19.8 Å². The third-order valence-corrected chi connectivity index (χ3v) is 11.0. The highest BCUT2D eigenvalue weighted by Gasteiger charge is 2.21. The van der Waals surface area contributed by atoms with Crippen molar-refractivity contribution >= 4 is 95.3 Å². The minimum atomic E-state index is -6.00. The Labute approximate surface area is 411 Å². The lowest BCUT2D eigenvalue weighted by atomic mass is 10.0. The Balaban J connectivity index is 0.000000258. The van der Waals surface area contributed by atoms with Crippen molar-refractivity contribution in [1.82, 2.24) is 0 Å². The molecule has 1 aliphatic heterocycles. The van der Waals surface area contributed by atoms with Crippen molar-refractivity contribution in [2.24, 2.45) is 0 Å². The first-order valence-electron chi connectivity index (χ1n) is 19.7. The van der Waals surface area contributed by atoms with E-state index in [1.54, 1.807) is 0 Å². The molecule has 0 amide bonds. The Bertz CT molecular complexity index is 2590. The first-order chi connectivity index (χ1) is 31.1. The maximum absolute atomic E-state index is 9.75. The van der Waals surface area contributed by atoms with Crippen LogP contribution in [0.4, 0.5) is 34.5 Å². The monoisotopic (exact) mass is 1160 g/mol. The predicted octanol–water partition coefficient (Wildman–Crippen LogP) is 17.3. The normalized spacial score (nSPS) is 13.6. The van der Waals surface area contributed by atoms with E-state index in [1.165, 1.54) is 5.56 Å². The number of nitriles is 1. The minimum absolute atomic E-state index is 0.580. The molecule has 4 nitrogen and oxygen atoms in total. The Kier molecular flexibility index (Phi) is 20.9. The van der Waals surface area contributed by atoms with E-state index in [2.05, 4.69) is 160 Å². The van der Waals surface area contributed by atoms with Crippen molar-refractivity contribution in [2.75, 3.05) is 13.6 Å². The number of nitrogens with zero attached hydrogens (tertiary/aromatic N) is 2. The van der Waals surface area contributed by atoms with E-state index in [4.69, 9.17) is 14.4 Å². The summed E-state index contributed by atoms with van der Waals surface area (Å²) < 4.78 is 96.5. The minimum Gasteiger partial charge on any atom is -0.457 e. The molecule has 7 rings (SSSR count). The van der Waals surface area contributed by atoms with E-state index in [9.17, 15) is 34.5 Å². The number of aryl methyl sites for hydroxylation is 1. The van der Waals surface area contributed by atoms with Gasteiger partial charge in [0.1, 0.15) is 25.1 Å². The highest BCUT2D eigenvalue weighted by Crippen LogP contribution is 2.33. The summed E-state index contributed by atoms with van der Waals surface area (Å²) in [6, 6.07) is 39.2. The Morgan fingerprint density at radius 2 is 1.06 bits per heavy atom. The van der Waals surface area contributed by atoms with E-state index in [0.29, 0.717) is 6.42 Å². The fraction of sp³-hybridized carbons (Fsp3) is 0.104. The van der Waals surface area contributed by atoms with Gasteiger partial charge in [-0.2, -0.15) is 5.26 Å². The first kappa shape index (κ1) is 53.5. The zero-order chi connectivity index (χ0) is 48.4. The smallest absolute Gasteiger partial charge is 0.457 e. The van der Waals surface area contributed by atoms with Gasteiger partial charge in [0.25, 0.3) is 0 Å². The zero-order valence-corrected chi connectivity index (χ0v) is 41.4. The lowest BCUT2D eigenvalue weighted by Crippen LogP contribution is -2.16. The highest BCUT2D eigenvalue weighted by atomic mass is 79.9. The van der Waals surface area contributed by atoms with Crippen LogP contribution in [0.25, 0.3) is 33.8 Å². The van der Waals surface area contributed by atoms with E-state index >= 15 is 0 Å². The van der Waals surface area contributed by atoms with Crippen LogP contribution in [0, 0.1) is 18.3 Å². The second kappa shape index (κ2) is 25.7. The summed E-state index contributed by atoms with van der Waals surface area (Å²) >= 11 is 14.0. The molecule has 4 aromatic carbocycles. The van der Waals surface area contributed by atoms with Gasteiger partial charge in [0, 0.05) is 60.1 Å². The van der Waals surface area contributed by atoms with Gasteiger partial charge in [0.2, 0.25) is 0 Å². The summed E-state index contributed by atoms with van der Waals surface area (Å²) in [5, 5.41) is 8.74. The molecule has 0 fully saturated rings. The molecule has 0 unspecified atom stereocenters. The number of unbranched alkanes of at least 4 members (excludes halogenated alkanes) is 1. The third-order valence-electron chi connectivity index (χ3n) is 8.90. The largest absolute Gasteiger partial charge is 0.673 e. The number of benzene rings is 4. The van der Waals surface area contributed by atoms with Crippen molar-refractivity contribution < 1.29 is 48.3 Å². The van der Waals surface area contributed by atoms with Crippen LogP contribution in [-0.2, 0) is 4.74 Å². The molecule has 0 radical (unpaired) electrons. The summed E-state index contributed by atoms with van der Waals surface area (Å²) in [6.45, 7) is 2.84. The molecule has 18 heteroatoms. The molecule has 0 saturated carbocycles. The molecular weight excluding hydrogens is 1130 g/mol. The van der Waals surface area contributed by atoms with E-state index in [-0.39, 0.29) is 0 Å². The number of hydrogen-bond donors (Lipinski definition) is 0. The van der Waals surface area contributed by atoms with Gasteiger partial charge in [-0.3, -0.25) is 0 Å². The van der Waals surface area contributed by atoms with Crippen LogP contribution in [0.5, 0.6) is 0 Å². The standard InChI is InChI=1S/C30H25Br2N2O.C18H13Br2O.2BF4/c1-34(19-3-2-18-33)28-15-4-22(5-16-28)6-17-29-20-25(23-7-11-26(31)12-8-23)21-30(35-29)24-9-13-27(32)14-10-24;1-12-10-15(13-2-6-16(19)7-3-13)11-18(21-12)14-4-8-17(20)9-5-14;2*2-1(3,4)5/h4-17,20-21H,2-3,19H2,1H3;2-11H,1H3;;/q2*+1;2*-1. The fourth-order valence-electron chi connectivity index (χ4n) is 5.91. The Morgan fingerprint density at radius 1 is 0.606 bits per heavy atom. The van der Waals surface area contributed by atoms with Crippen molar-refractivity contribution in [3.63, 3.8) is 0 Å². The Morgan fingerprint density at radius 3 is 1.55 bits per heavy atom. The van der Waals surface area contributed by atoms with Crippen molar-refractivity contribution in [3.8, 4) is 28.5 Å². The van der Waals surface area contributed by atoms with Crippen LogP contribution in [0.2, 0.25) is 0 Å². The van der Waals surface area contributed by atoms with Gasteiger partial charge in [0.05, 0.1) is 24.6 Å². The number of hydrogen-bond acceptors (Lipinski definition) is 2. The van der Waals surface area contributed by atoms with Crippen LogP contribution >= 0.6 is 63.7 Å². The average Bonchev–Trinajstić information content (AvgIpc) is 3.26. The predicted molar refractivity (Wildman–Crippen MR) is 265 cm³/mol. The number of halogens is 12. The van der Waals surface area contributed by atoms with E-state index in [1.807, 2.05) is 85.8 Å². The lowest BCUT2D eigenvalue weighted by molar-refractivity contribution is -0.496.